The van der Waals surface area contributed by atoms with Crippen molar-refractivity contribution in [1.82, 2.24) is 0 Å². The van der Waals surface area contributed by atoms with Crippen molar-refractivity contribution in [1.29, 1.82) is 0 Å². The number of hydrogen-bond donors (Lipinski definition) is 1. The van der Waals surface area contributed by atoms with Crippen LogP contribution in [0.2, 0.25) is 0 Å². The van der Waals surface area contributed by atoms with Gasteiger partial charge in [-0.3, -0.25) is 0 Å². The van der Waals surface area contributed by atoms with Crippen LogP contribution in [0.15, 0.2) is 0 Å². The van der Waals surface area contributed by atoms with E-state index < -0.39 is 24.3 Å². The highest BCUT2D eigenvalue weighted by atomic mass is 16.8. The molecule has 2 unspecified atom stereocenters. The third-order valence-corrected chi connectivity index (χ3v) is 1.08. The van der Waals surface area contributed by atoms with Crippen LogP contribution in [0.5, 0.6) is 0 Å². The van der Waals surface area contributed by atoms with Crippen molar-refractivity contribution >= 4 is 11.9 Å². The fraction of sp³-hybridized carbons (Fsp3) is 0.600. The average molecular weight is 146 g/mol. The molecule has 2 atom stereocenters. The highest BCUT2D eigenvalue weighted by Gasteiger charge is 2.36. The van der Waals surface area contributed by atoms with Gasteiger partial charge in [0, 0.05) is 0 Å². The minimum atomic E-state index is -1.41. The second-order valence-electron chi connectivity index (χ2n) is 1.89. The molecule has 1 fully saturated rings. The van der Waals surface area contributed by atoms with Gasteiger partial charge in [0.1, 0.15) is 0 Å². The lowest BCUT2D eigenvalue weighted by Crippen LogP contribution is -2.20. The Kier molecular flexibility index (Phi) is 1.58. The molecular formula is C5H6O5. The number of carboxylic acids is 1. The summed E-state index contributed by atoms with van der Waals surface area (Å²) in [4.78, 5) is 20.6. The Balaban J connectivity index is 2.57. The number of carbonyl (C=O) groups excluding carboxylic acids is 1. The first-order valence-electron chi connectivity index (χ1n) is 2.70. The van der Waals surface area contributed by atoms with E-state index in [1.807, 2.05) is 0 Å². The van der Waals surface area contributed by atoms with E-state index in [9.17, 15) is 9.59 Å². The molecule has 0 saturated carbocycles. The number of rotatable bonds is 1. The lowest BCUT2D eigenvalue weighted by molar-refractivity contribution is -0.170. The molecule has 0 aromatic rings. The molecule has 0 bridgehead atoms. The van der Waals surface area contributed by atoms with Crippen molar-refractivity contribution in [3.05, 3.63) is 0 Å². The van der Waals surface area contributed by atoms with Gasteiger partial charge in [0.05, 0.1) is 0 Å². The van der Waals surface area contributed by atoms with Gasteiger partial charge in [-0.1, -0.05) is 0 Å². The van der Waals surface area contributed by atoms with Gasteiger partial charge in [-0.2, -0.15) is 0 Å². The van der Waals surface area contributed by atoms with Gasteiger partial charge in [-0.25, -0.2) is 9.59 Å². The van der Waals surface area contributed by atoms with Crippen molar-refractivity contribution in [3.8, 4) is 0 Å². The Morgan fingerprint density at radius 1 is 1.70 bits per heavy atom. The maximum Gasteiger partial charge on any atom is 0.374 e. The van der Waals surface area contributed by atoms with Gasteiger partial charge < -0.3 is 14.6 Å². The fourth-order valence-electron chi connectivity index (χ4n) is 0.579. The van der Waals surface area contributed by atoms with E-state index in [1.54, 1.807) is 0 Å². The molecule has 0 aliphatic carbocycles. The molecule has 1 aliphatic heterocycles. The molecule has 56 valence electrons. The van der Waals surface area contributed by atoms with Gasteiger partial charge in [0.15, 0.2) is 6.10 Å². The van der Waals surface area contributed by atoms with Crippen LogP contribution in [-0.2, 0) is 19.1 Å². The maximum absolute atomic E-state index is 10.5. The summed E-state index contributed by atoms with van der Waals surface area (Å²) in [7, 11) is 0. The van der Waals surface area contributed by atoms with Gasteiger partial charge in [-0.05, 0) is 6.92 Å². The zero-order valence-electron chi connectivity index (χ0n) is 5.23. The third kappa shape index (κ3) is 1.08. The second kappa shape index (κ2) is 2.26. The first kappa shape index (κ1) is 7.01. The minimum absolute atomic E-state index is 0.632. The fourth-order valence-corrected chi connectivity index (χ4v) is 0.579. The Hall–Kier alpha value is -1.10. The summed E-state index contributed by atoms with van der Waals surface area (Å²) < 4.78 is 8.84. The first-order valence-corrected chi connectivity index (χ1v) is 2.70. The van der Waals surface area contributed by atoms with Crippen LogP contribution in [-0.4, -0.2) is 29.4 Å². The highest BCUT2D eigenvalue weighted by molar-refractivity contribution is 5.82. The van der Waals surface area contributed by atoms with Crippen molar-refractivity contribution in [2.75, 3.05) is 0 Å². The molecule has 0 spiro atoms. The van der Waals surface area contributed by atoms with Gasteiger partial charge >= 0.3 is 18.2 Å². The van der Waals surface area contributed by atoms with Crippen molar-refractivity contribution < 1.29 is 24.2 Å². The standard InChI is InChI=1S/C5H6O5/c1-2-4(8)10-5(9-2)3(6)7/h2,5H,1H3,(H,6,7). The number of esters is 1. The van der Waals surface area contributed by atoms with Gasteiger partial charge in [0.25, 0.3) is 0 Å². The number of hydrogen-bond acceptors (Lipinski definition) is 4. The van der Waals surface area contributed by atoms with Gasteiger partial charge in [0.2, 0.25) is 0 Å². The van der Waals surface area contributed by atoms with E-state index >= 15 is 0 Å². The number of cyclic esters (lactones) is 1. The number of ether oxygens (including phenoxy) is 2. The van der Waals surface area contributed by atoms with Crippen molar-refractivity contribution in [2.24, 2.45) is 0 Å². The molecule has 0 radical (unpaired) electrons. The van der Waals surface area contributed by atoms with Crippen LogP contribution in [0.25, 0.3) is 0 Å². The Labute approximate surface area is 56.5 Å². The van der Waals surface area contributed by atoms with E-state index in [0.717, 1.165) is 0 Å². The van der Waals surface area contributed by atoms with Gasteiger partial charge in [-0.15, -0.1) is 0 Å². The average Bonchev–Trinajstić information content (AvgIpc) is 2.13. The molecule has 5 heteroatoms. The largest absolute Gasteiger partial charge is 0.477 e. The predicted molar refractivity (Wildman–Crippen MR) is 28.1 cm³/mol. The molecule has 10 heavy (non-hydrogen) atoms. The Morgan fingerprint density at radius 2 is 2.30 bits per heavy atom. The maximum atomic E-state index is 10.5. The normalized spacial score (nSPS) is 31.9. The molecule has 0 amide bonds. The minimum Gasteiger partial charge on any atom is -0.477 e. The lowest BCUT2D eigenvalue weighted by atomic mass is 10.4. The van der Waals surface area contributed by atoms with Crippen molar-refractivity contribution in [2.45, 2.75) is 19.3 Å². The molecular weight excluding hydrogens is 140 g/mol. The zero-order chi connectivity index (χ0) is 7.72. The molecule has 1 aliphatic rings. The summed E-state index contributed by atoms with van der Waals surface area (Å²) >= 11 is 0. The molecule has 5 nitrogen and oxygen atoms in total. The molecule has 0 aromatic carbocycles. The predicted octanol–water partition coefficient (Wildman–Crippen LogP) is -0.641. The van der Waals surface area contributed by atoms with E-state index in [4.69, 9.17) is 5.11 Å². The van der Waals surface area contributed by atoms with Crippen molar-refractivity contribution in [3.63, 3.8) is 0 Å². The van der Waals surface area contributed by atoms with E-state index in [0.29, 0.717) is 0 Å². The van der Waals surface area contributed by atoms with E-state index in [-0.39, 0.29) is 0 Å². The number of aliphatic carboxylic acids is 1. The quantitative estimate of drug-likeness (QED) is 0.498. The van der Waals surface area contributed by atoms with Crippen LogP contribution in [0, 0.1) is 0 Å². The molecule has 1 heterocycles. The van der Waals surface area contributed by atoms with Crippen LogP contribution in [0.4, 0.5) is 0 Å². The first-order chi connectivity index (χ1) is 4.61. The molecule has 0 aromatic heterocycles. The summed E-state index contributed by atoms with van der Waals surface area (Å²) in [5.74, 6) is -1.91. The lowest BCUT2D eigenvalue weighted by Gasteiger charge is -1.99. The van der Waals surface area contributed by atoms with Crippen LogP contribution >= 0.6 is 0 Å². The number of carboxylic acid groups (broad SMARTS) is 1. The molecule has 1 saturated heterocycles. The summed E-state index contributed by atoms with van der Waals surface area (Å²) in [5, 5.41) is 8.25. The Morgan fingerprint density at radius 3 is 2.50 bits per heavy atom. The van der Waals surface area contributed by atoms with E-state index in [2.05, 4.69) is 9.47 Å². The van der Waals surface area contributed by atoms with E-state index in [1.165, 1.54) is 6.92 Å². The molecule has 1 rings (SSSR count). The molecule has 1 N–H and O–H groups in total. The number of carbonyl (C=O) groups is 2. The summed E-state index contributed by atoms with van der Waals surface area (Å²) in [6, 6.07) is 0. The highest BCUT2D eigenvalue weighted by Crippen LogP contribution is 2.11. The summed E-state index contributed by atoms with van der Waals surface area (Å²) in [6.07, 6.45) is -2.18. The summed E-state index contributed by atoms with van der Waals surface area (Å²) in [5.41, 5.74) is 0. The van der Waals surface area contributed by atoms with Crippen LogP contribution in [0.1, 0.15) is 6.92 Å². The SMILES string of the molecule is CC1OC(C(=O)O)OC1=O. The monoisotopic (exact) mass is 146 g/mol. The Bertz CT molecular complexity index is 175. The smallest absolute Gasteiger partial charge is 0.374 e. The topological polar surface area (TPSA) is 72.8 Å². The summed E-state index contributed by atoms with van der Waals surface area (Å²) in [6.45, 7) is 1.44. The zero-order valence-corrected chi connectivity index (χ0v) is 5.23. The third-order valence-electron chi connectivity index (χ3n) is 1.08. The van der Waals surface area contributed by atoms with Crippen LogP contribution < -0.4 is 0 Å². The second-order valence-corrected chi connectivity index (χ2v) is 1.89. The van der Waals surface area contributed by atoms with Crippen LogP contribution in [0.3, 0.4) is 0 Å².